The normalized spacial score (nSPS) is 11.0. The van der Waals surface area contributed by atoms with Gasteiger partial charge in [0.05, 0.1) is 12.8 Å². The van der Waals surface area contributed by atoms with Crippen molar-refractivity contribution in [1.82, 2.24) is 9.38 Å². The molecule has 0 N–H and O–H groups in total. The lowest BCUT2D eigenvalue weighted by Gasteiger charge is -2.04. The summed E-state index contributed by atoms with van der Waals surface area (Å²) < 4.78 is 20.3. The van der Waals surface area contributed by atoms with Crippen LogP contribution in [0.2, 0.25) is 0 Å². The Balaban J connectivity index is 1.93. The predicted octanol–water partition coefficient (Wildman–Crippen LogP) is 4.69. The molecule has 4 nitrogen and oxygen atoms in total. The van der Waals surface area contributed by atoms with E-state index >= 15 is 0 Å². The van der Waals surface area contributed by atoms with Crippen LogP contribution < -0.4 is 4.74 Å². The highest BCUT2D eigenvalue weighted by Crippen LogP contribution is 2.33. The third kappa shape index (κ3) is 2.60. The maximum absolute atomic E-state index is 13.2. The number of carbonyl (C=O) groups excluding carboxylic acids is 1. The van der Waals surface area contributed by atoms with Crippen LogP contribution in [0.3, 0.4) is 0 Å². The number of aromatic nitrogens is 2. The van der Waals surface area contributed by atoms with Gasteiger partial charge in [0.25, 0.3) is 0 Å². The molecule has 0 fully saturated rings. The van der Waals surface area contributed by atoms with Gasteiger partial charge in [-0.25, -0.2) is 9.37 Å². The van der Waals surface area contributed by atoms with Gasteiger partial charge in [0.15, 0.2) is 11.2 Å². The van der Waals surface area contributed by atoms with E-state index in [0.717, 1.165) is 23.1 Å². The topological polar surface area (TPSA) is 43.6 Å². The predicted molar refractivity (Wildman–Crippen MR) is 95.8 cm³/mol. The highest BCUT2D eigenvalue weighted by atomic mass is 32.1. The number of nitrogens with zero attached hydrogens (tertiary/aromatic N) is 2. The first-order chi connectivity index (χ1) is 12.2. The Morgan fingerprint density at radius 2 is 1.96 bits per heavy atom. The monoisotopic (exact) mass is 352 g/mol. The van der Waals surface area contributed by atoms with E-state index in [-0.39, 0.29) is 5.82 Å². The van der Waals surface area contributed by atoms with Gasteiger partial charge in [-0.2, -0.15) is 0 Å². The van der Waals surface area contributed by atoms with E-state index in [4.69, 9.17) is 4.74 Å². The van der Waals surface area contributed by atoms with E-state index in [2.05, 4.69) is 4.98 Å². The number of methoxy groups -OCH3 is 1. The van der Waals surface area contributed by atoms with Gasteiger partial charge in [-0.05, 0) is 42.0 Å². The Labute approximate surface area is 147 Å². The number of benzene rings is 2. The maximum atomic E-state index is 13.2. The van der Waals surface area contributed by atoms with E-state index in [9.17, 15) is 9.18 Å². The van der Waals surface area contributed by atoms with Crippen LogP contribution in [0, 0.1) is 5.82 Å². The lowest BCUT2D eigenvalue weighted by atomic mass is 10.1. The number of imidazole rings is 1. The number of carbonyl (C=O) groups is 1. The molecule has 0 saturated heterocycles. The first kappa shape index (κ1) is 15.5. The fourth-order valence-corrected chi connectivity index (χ4v) is 3.70. The molecule has 0 radical (unpaired) electrons. The van der Waals surface area contributed by atoms with Crippen molar-refractivity contribution in [3.63, 3.8) is 0 Å². The third-order valence-electron chi connectivity index (χ3n) is 3.99. The van der Waals surface area contributed by atoms with Gasteiger partial charge >= 0.3 is 0 Å². The van der Waals surface area contributed by atoms with Crippen LogP contribution in [0.25, 0.3) is 27.5 Å². The molecule has 4 rings (SSSR count). The molecule has 0 aliphatic rings. The number of halogens is 1. The second-order valence-electron chi connectivity index (χ2n) is 5.44. The van der Waals surface area contributed by atoms with Gasteiger partial charge in [0.1, 0.15) is 23.0 Å². The lowest BCUT2D eigenvalue weighted by Crippen LogP contribution is -1.94. The smallest absolute Gasteiger partial charge is 0.195 e. The summed E-state index contributed by atoms with van der Waals surface area (Å²) in [5.41, 5.74) is 3.50. The summed E-state index contributed by atoms with van der Waals surface area (Å²) in [6.45, 7) is 0. The molecule has 2 aromatic carbocycles. The molecule has 0 saturated carbocycles. The van der Waals surface area contributed by atoms with Crippen LogP contribution in [0.1, 0.15) is 10.5 Å². The van der Waals surface area contributed by atoms with Crippen LogP contribution in [0.4, 0.5) is 4.39 Å². The minimum absolute atomic E-state index is 0.298. The zero-order valence-corrected chi connectivity index (χ0v) is 14.1. The summed E-state index contributed by atoms with van der Waals surface area (Å²) in [6, 6.07) is 13.6. The molecule has 2 heterocycles. The first-order valence-electron chi connectivity index (χ1n) is 7.57. The molecular weight excluding hydrogens is 339 g/mol. The van der Waals surface area contributed by atoms with Crippen molar-refractivity contribution in [2.75, 3.05) is 7.11 Å². The van der Waals surface area contributed by atoms with Crippen molar-refractivity contribution in [3.8, 4) is 28.3 Å². The SMILES string of the molecule is COc1cccc(-c2nc3scc(-c4ccc(F)cc4)n3c2C=O)c1. The molecule has 0 atom stereocenters. The van der Waals surface area contributed by atoms with Crippen molar-refractivity contribution in [2.45, 2.75) is 0 Å². The van der Waals surface area contributed by atoms with E-state index in [1.807, 2.05) is 29.6 Å². The van der Waals surface area contributed by atoms with Crippen molar-refractivity contribution in [2.24, 2.45) is 0 Å². The van der Waals surface area contributed by atoms with Crippen LogP contribution in [0.15, 0.2) is 53.9 Å². The van der Waals surface area contributed by atoms with Gasteiger partial charge in [0.2, 0.25) is 0 Å². The van der Waals surface area contributed by atoms with Gasteiger partial charge in [-0.15, -0.1) is 11.3 Å². The lowest BCUT2D eigenvalue weighted by molar-refractivity contribution is 0.111. The van der Waals surface area contributed by atoms with E-state index in [0.29, 0.717) is 22.1 Å². The number of hydrogen-bond acceptors (Lipinski definition) is 4. The summed E-state index contributed by atoms with van der Waals surface area (Å²) >= 11 is 1.44. The number of ether oxygens (including phenoxy) is 1. The largest absolute Gasteiger partial charge is 0.497 e. The number of hydrogen-bond donors (Lipinski definition) is 0. The molecule has 0 unspecified atom stereocenters. The summed E-state index contributed by atoms with van der Waals surface area (Å²) in [7, 11) is 1.60. The number of rotatable bonds is 4. The van der Waals surface area contributed by atoms with Gasteiger partial charge < -0.3 is 4.74 Å². The van der Waals surface area contributed by atoms with Crippen molar-refractivity contribution in [3.05, 3.63) is 65.4 Å². The molecule has 0 spiro atoms. The molecular formula is C19H13FN2O2S. The summed E-state index contributed by atoms with van der Waals surface area (Å²) in [5, 5.41) is 1.91. The van der Waals surface area contributed by atoms with Crippen molar-refractivity contribution < 1.29 is 13.9 Å². The van der Waals surface area contributed by atoms with Crippen LogP contribution in [-0.2, 0) is 0 Å². The molecule has 124 valence electrons. The molecule has 0 amide bonds. The molecule has 0 aliphatic carbocycles. The molecule has 2 aromatic heterocycles. The first-order valence-corrected chi connectivity index (χ1v) is 8.44. The van der Waals surface area contributed by atoms with Crippen LogP contribution >= 0.6 is 11.3 Å². The van der Waals surface area contributed by atoms with Gasteiger partial charge in [0, 0.05) is 10.9 Å². The fourth-order valence-electron chi connectivity index (χ4n) is 2.79. The van der Waals surface area contributed by atoms with Crippen molar-refractivity contribution in [1.29, 1.82) is 0 Å². The van der Waals surface area contributed by atoms with E-state index in [1.54, 1.807) is 23.6 Å². The molecule has 0 aliphatic heterocycles. The molecule has 4 aromatic rings. The van der Waals surface area contributed by atoms with Crippen LogP contribution in [-0.4, -0.2) is 22.8 Å². The zero-order valence-electron chi connectivity index (χ0n) is 13.3. The number of aldehydes is 1. The third-order valence-corrected chi connectivity index (χ3v) is 4.82. The summed E-state index contributed by atoms with van der Waals surface area (Å²) in [4.78, 5) is 17.1. The van der Waals surface area contributed by atoms with Gasteiger partial charge in [-0.1, -0.05) is 12.1 Å². The Kier molecular flexibility index (Phi) is 3.82. The van der Waals surface area contributed by atoms with Crippen molar-refractivity contribution >= 4 is 22.6 Å². The maximum Gasteiger partial charge on any atom is 0.195 e. The Morgan fingerprint density at radius 1 is 1.16 bits per heavy atom. The fraction of sp³-hybridized carbons (Fsp3) is 0.0526. The minimum atomic E-state index is -0.298. The van der Waals surface area contributed by atoms with Gasteiger partial charge in [-0.3, -0.25) is 9.20 Å². The Hall–Kier alpha value is -2.99. The zero-order chi connectivity index (χ0) is 17.4. The standard InChI is InChI=1S/C19H13FN2O2S/c1-24-15-4-2-3-13(9-15)18-16(10-23)22-17(11-25-19(22)21-18)12-5-7-14(20)8-6-12/h2-11H,1H3. The average molecular weight is 352 g/mol. The number of fused-ring (bicyclic) bond motifs is 1. The molecule has 25 heavy (non-hydrogen) atoms. The molecule has 0 bridgehead atoms. The Morgan fingerprint density at radius 3 is 2.68 bits per heavy atom. The Bertz CT molecular complexity index is 1070. The minimum Gasteiger partial charge on any atom is -0.497 e. The second-order valence-corrected chi connectivity index (χ2v) is 6.28. The quantitative estimate of drug-likeness (QED) is 0.501. The van der Waals surface area contributed by atoms with Crippen LogP contribution in [0.5, 0.6) is 5.75 Å². The number of thiazole rings is 1. The highest BCUT2D eigenvalue weighted by molar-refractivity contribution is 7.15. The summed E-state index contributed by atoms with van der Waals surface area (Å²) in [6.07, 6.45) is 0.800. The highest BCUT2D eigenvalue weighted by Gasteiger charge is 2.18. The van der Waals surface area contributed by atoms with E-state index in [1.165, 1.54) is 23.5 Å². The average Bonchev–Trinajstić information content (AvgIpc) is 3.21. The van der Waals surface area contributed by atoms with E-state index < -0.39 is 0 Å². The summed E-state index contributed by atoms with van der Waals surface area (Å²) in [5.74, 6) is 0.401. The second kappa shape index (κ2) is 6.14. The molecule has 6 heteroatoms.